The van der Waals surface area contributed by atoms with Crippen LogP contribution in [-0.4, -0.2) is 32.6 Å². The van der Waals surface area contributed by atoms with E-state index in [4.69, 9.17) is 9.47 Å². The number of amides is 2. The molecule has 2 amide bonds. The lowest BCUT2D eigenvalue weighted by molar-refractivity contribution is -0.120. The highest BCUT2D eigenvalue weighted by Crippen LogP contribution is 2.29. The second-order valence-corrected chi connectivity index (χ2v) is 5.99. The number of carbonyl (C=O) groups is 2. The monoisotopic (exact) mass is 356 g/mol. The van der Waals surface area contributed by atoms with E-state index in [1.807, 2.05) is 32.0 Å². The molecule has 0 unspecified atom stereocenters. The normalized spacial score (nSPS) is 10.2. The number of nitrogens with zero attached hydrogens (tertiary/aromatic N) is 1. The van der Waals surface area contributed by atoms with Crippen LogP contribution in [0.4, 0.5) is 11.4 Å². The van der Waals surface area contributed by atoms with Crippen LogP contribution in [0.25, 0.3) is 0 Å². The van der Waals surface area contributed by atoms with Crippen LogP contribution in [0.3, 0.4) is 0 Å². The third kappa shape index (κ3) is 4.53. The standard InChI is InChI=1S/C20H24N2O4/c1-13-6-7-16(10-14(13)2)22(15(3)23)12-20(24)21-18-11-17(25-4)8-9-19(18)26-5/h6-11H,12H2,1-5H3,(H,21,24). The van der Waals surface area contributed by atoms with Gasteiger partial charge in [-0.15, -0.1) is 0 Å². The molecule has 138 valence electrons. The van der Waals surface area contributed by atoms with Gasteiger partial charge in [0.15, 0.2) is 0 Å². The molecule has 0 radical (unpaired) electrons. The number of benzene rings is 2. The minimum Gasteiger partial charge on any atom is -0.497 e. The quantitative estimate of drug-likeness (QED) is 0.862. The van der Waals surface area contributed by atoms with E-state index >= 15 is 0 Å². The molecular weight excluding hydrogens is 332 g/mol. The molecule has 2 aromatic carbocycles. The van der Waals surface area contributed by atoms with Crippen LogP contribution in [0.1, 0.15) is 18.1 Å². The maximum Gasteiger partial charge on any atom is 0.244 e. The molecule has 0 aliphatic heterocycles. The smallest absolute Gasteiger partial charge is 0.244 e. The first-order valence-electron chi connectivity index (χ1n) is 8.23. The molecule has 0 atom stereocenters. The second-order valence-electron chi connectivity index (χ2n) is 5.99. The molecule has 0 heterocycles. The third-order valence-corrected chi connectivity index (χ3v) is 4.16. The summed E-state index contributed by atoms with van der Waals surface area (Å²) in [4.78, 5) is 26.0. The van der Waals surface area contributed by atoms with Gasteiger partial charge in [0.1, 0.15) is 18.0 Å². The zero-order valence-electron chi connectivity index (χ0n) is 15.8. The van der Waals surface area contributed by atoms with Crippen LogP contribution >= 0.6 is 0 Å². The Morgan fingerprint density at radius 1 is 1.00 bits per heavy atom. The van der Waals surface area contributed by atoms with Crippen LogP contribution in [0, 0.1) is 13.8 Å². The fourth-order valence-electron chi connectivity index (χ4n) is 2.52. The van der Waals surface area contributed by atoms with E-state index in [-0.39, 0.29) is 18.4 Å². The van der Waals surface area contributed by atoms with Gasteiger partial charge in [-0.1, -0.05) is 6.07 Å². The number of hydrogen-bond acceptors (Lipinski definition) is 4. The van der Waals surface area contributed by atoms with Gasteiger partial charge in [0.05, 0.1) is 19.9 Å². The summed E-state index contributed by atoms with van der Waals surface area (Å²) in [6.45, 7) is 5.31. The fraction of sp³-hybridized carbons (Fsp3) is 0.300. The summed E-state index contributed by atoms with van der Waals surface area (Å²) in [6.07, 6.45) is 0. The number of rotatable bonds is 6. The zero-order valence-corrected chi connectivity index (χ0v) is 15.8. The Kier molecular flexibility index (Phi) is 6.22. The van der Waals surface area contributed by atoms with Gasteiger partial charge < -0.3 is 19.7 Å². The van der Waals surface area contributed by atoms with Crippen molar-refractivity contribution in [1.29, 1.82) is 0 Å². The van der Waals surface area contributed by atoms with E-state index in [2.05, 4.69) is 5.32 Å². The summed E-state index contributed by atoms with van der Waals surface area (Å²) in [5.74, 6) is 0.574. The highest BCUT2D eigenvalue weighted by atomic mass is 16.5. The number of methoxy groups -OCH3 is 2. The van der Waals surface area contributed by atoms with Gasteiger partial charge >= 0.3 is 0 Å². The summed E-state index contributed by atoms with van der Waals surface area (Å²) < 4.78 is 10.4. The van der Waals surface area contributed by atoms with E-state index in [1.165, 1.54) is 18.9 Å². The molecule has 0 bridgehead atoms. The second kappa shape index (κ2) is 8.38. The number of hydrogen-bond donors (Lipinski definition) is 1. The molecule has 26 heavy (non-hydrogen) atoms. The molecule has 0 fully saturated rings. The van der Waals surface area contributed by atoms with Crippen molar-refractivity contribution < 1.29 is 19.1 Å². The van der Waals surface area contributed by atoms with E-state index < -0.39 is 0 Å². The van der Waals surface area contributed by atoms with Gasteiger partial charge in [-0.25, -0.2) is 0 Å². The van der Waals surface area contributed by atoms with Gasteiger partial charge in [0.2, 0.25) is 11.8 Å². The zero-order chi connectivity index (χ0) is 19.3. The summed E-state index contributed by atoms with van der Waals surface area (Å²) in [6, 6.07) is 10.8. The van der Waals surface area contributed by atoms with E-state index in [0.29, 0.717) is 22.9 Å². The Balaban J connectivity index is 2.21. The first kappa shape index (κ1) is 19.3. The SMILES string of the molecule is COc1ccc(OC)c(NC(=O)CN(C(C)=O)c2ccc(C)c(C)c2)c1. The van der Waals surface area contributed by atoms with Crippen molar-refractivity contribution in [3.63, 3.8) is 0 Å². The molecule has 0 aliphatic carbocycles. The van der Waals surface area contributed by atoms with Crippen LogP contribution < -0.4 is 19.7 Å². The molecule has 0 saturated heterocycles. The lowest BCUT2D eigenvalue weighted by Gasteiger charge is -2.22. The molecule has 0 aliphatic rings. The number of nitrogens with one attached hydrogen (secondary N) is 1. The number of aryl methyl sites for hydroxylation is 2. The topological polar surface area (TPSA) is 67.9 Å². The summed E-state index contributed by atoms with van der Waals surface area (Å²) >= 11 is 0. The fourth-order valence-corrected chi connectivity index (χ4v) is 2.52. The van der Waals surface area contributed by atoms with E-state index in [0.717, 1.165) is 11.1 Å². The maximum absolute atomic E-state index is 12.5. The maximum atomic E-state index is 12.5. The Morgan fingerprint density at radius 2 is 1.73 bits per heavy atom. The molecule has 6 heteroatoms. The number of anilines is 2. The first-order chi connectivity index (χ1) is 12.3. The Labute approximate surface area is 153 Å². The summed E-state index contributed by atoms with van der Waals surface area (Å²) in [5, 5.41) is 2.78. The Bertz CT molecular complexity index is 817. The number of ether oxygens (including phenoxy) is 2. The van der Waals surface area contributed by atoms with E-state index in [9.17, 15) is 9.59 Å². The Morgan fingerprint density at radius 3 is 2.31 bits per heavy atom. The first-order valence-corrected chi connectivity index (χ1v) is 8.23. The van der Waals surface area contributed by atoms with Crippen molar-refractivity contribution in [1.82, 2.24) is 0 Å². The van der Waals surface area contributed by atoms with Crippen molar-refractivity contribution in [3.8, 4) is 11.5 Å². The molecule has 1 N–H and O–H groups in total. The van der Waals surface area contributed by atoms with Crippen molar-refractivity contribution in [2.45, 2.75) is 20.8 Å². The molecule has 0 spiro atoms. The van der Waals surface area contributed by atoms with Crippen molar-refractivity contribution in [3.05, 3.63) is 47.5 Å². The van der Waals surface area contributed by atoms with Crippen LogP contribution in [0.5, 0.6) is 11.5 Å². The largest absolute Gasteiger partial charge is 0.497 e. The predicted molar refractivity (Wildman–Crippen MR) is 102 cm³/mol. The van der Waals surface area contributed by atoms with Gasteiger partial charge in [-0.05, 0) is 49.2 Å². The van der Waals surface area contributed by atoms with Gasteiger partial charge in [-0.2, -0.15) is 0 Å². The predicted octanol–water partition coefficient (Wildman–Crippen LogP) is 3.31. The molecular formula is C20H24N2O4. The van der Waals surface area contributed by atoms with E-state index in [1.54, 1.807) is 25.3 Å². The summed E-state index contributed by atoms with van der Waals surface area (Å²) in [7, 11) is 3.07. The molecule has 0 saturated carbocycles. The highest BCUT2D eigenvalue weighted by Gasteiger charge is 2.18. The van der Waals surface area contributed by atoms with Crippen molar-refractivity contribution in [2.75, 3.05) is 31.0 Å². The molecule has 0 aromatic heterocycles. The van der Waals surface area contributed by atoms with Crippen LogP contribution in [0.2, 0.25) is 0 Å². The summed E-state index contributed by atoms with van der Waals surface area (Å²) in [5.41, 5.74) is 3.36. The van der Waals surface area contributed by atoms with Crippen molar-refractivity contribution in [2.24, 2.45) is 0 Å². The third-order valence-electron chi connectivity index (χ3n) is 4.16. The van der Waals surface area contributed by atoms with Gasteiger partial charge in [0.25, 0.3) is 0 Å². The molecule has 6 nitrogen and oxygen atoms in total. The number of carbonyl (C=O) groups excluding carboxylic acids is 2. The van der Waals surface area contributed by atoms with Crippen molar-refractivity contribution >= 4 is 23.2 Å². The Hall–Kier alpha value is -3.02. The lowest BCUT2D eigenvalue weighted by Crippen LogP contribution is -2.36. The minimum absolute atomic E-state index is 0.0990. The molecule has 2 rings (SSSR count). The minimum atomic E-state index is -0.329. The van der Waals surface area contributed by atoms with Gasteiger partial charge in [0, 0.05) is 18.7 Å². The molecule has 2 aromatic rings. The highest BCUT2D eigenvalue weighted by molar-refractivity contribution is 6.02. The van der Waals surface area contributed by atoms with Crippen LogP contribution in [0.15, 0.2) is 36.4 Å². The lowest BCUT2D eigenvalue weighted by atomic mass is 10.1. The average Bonchev–Trinajstić information content (AvgIpc) is 2.61. The van der Waals surface area contributed by atoms with Gasteiger partial charge in [-0.3, -0.25) is 9.59 Å². The van der Waals surface area contributed by atoms with Crippen LogP contribution in [-0.2, 0) is 9.59 Å². The average molecular weight is 356 g/mol.